The molecule has 0 aliphatic carbocycles. The van der Waals surface area contributed by atoms with Gasteiger partial charge in [0, 0.05) is 12.7 Å². The van der Waals surface area contributed by atoms with E-state index >= 15 is 0 Å². The molecule has 3 heteroatoms. The third-order valence-electron chi connectivity index (χ3n) is 1.50. The van der Waals surface area contributed by atoms with Gasteiger partial charge in [0.2, 0.25) is 0 Å². The van der Waals surface area contributed by atoms with Crippen LogP contribution < -0.4 is 5.32 Å². The fourth-order valence-electron chi connectivity index (χ4n) is 0.900. The van der Waals surface area contributed by atoms with Crippen molar-refractivity contribution in [3.05, 3.63) is 24.4 Å². The summed E-state index contributed by atoms with van der Waals surface area (Å²) in [7, 11) is 0. The van der Waals surface area contributed by atoms with Gasteiger partial charge in [-0.25, -0.2) is 4.98 Å². The number of nitrogens with zero attached hydrogens (tertiary/aromatic N) is 1. The maximum absolute atomic E-state index is 4.16. The largest absolute Gasteiger partial charge is 0.370 e. The van der Waals surface area contributed by atoms with Crippen LogP contribution in [-0.2, 0) is 0 Å². The summed E-state index contributed by atoms with van der Waals surface area (Å²) >= 11 is 1.88. The molecule has 1 aromatic heterocycles. The molecule has 0 aromatic carbocycles. The van der Waals surface area contributed by atoms with Gasteiger partial charge in [-0.2, -0.15) is 11.8 Å². The molecule has 0 saturated carbocycles. The third-order valence-corrected chi connectivity index (χ3v) is 2.19. The summed E-state index contributed by atoms with van der Waals surface area (Å²) in [5.74, 6) is 2.18. The monoisotopic (exact) mass is 182 g/mol. The van der Waals surface area contributed by atoms with Crippen LogP contribution in [0.3, 0.4) is 0 Å². The zero-order valence-corrected chi connectivity index (χ0v) is 8.10. The van der Waals surface area contributed by atoms with Crippen LogP contribution in [0.1, 0.15) is 6.42 Å². The van der Waals surface area contributed by atoms with Gasteiger partial charge in [0.25, 0.3) is 0 Å². The van der Waals surface area contributed by atoms with Crippen LogP contribution in [0.25, 0.3) is 0 Å². The Hall–Kier alpha value is -0.700. The standard InChI is InChI=1S/C9H14N2S/c1-12-8-4-7-11-9-5-2-3-6-10-9/h2-3,5-6H,4,7-8H2,1H3,(H,10,11). The molecular formula is C9H14N2S. The summed E-state index contributed by atoms with van der Waals surface area (Å²) in [6.07, 6.45) is 5.12. The minimum absolute atomic E-state index is 0.971. The van der Waals surface area contributed by atoms with Crippen LogP contribution in [0, 0.1) is 0 Å². The van der Waals surface area contributed by atoms with Crippen molar-refractivity contribution in [3.63, 3.8) is 0 Å². The van der Waals surface area contributed by atoms with E-state index < -0.39 is 0 Å². The molecule has 1 N–H and O–H groups in total. The van der Waals surface area contributed by atoms with Crippen molar-refractivity contribution in [2.24, 2.45) is 0 Å². The van der Waals surface area contributed by atoms with Gasteiger partial charge in [-0.05, 0) is 30.6 Å². The van der Waals surface area contributed by atoms with Crippen LogP contribution in [0.2, 0.25) is 0 Å². The lowest BCUT2D eigenvalue weighted by Gasteiger charge is -2.02. The van der Waals surface area contributed by atoms with E-state index in [2.05, 4.69) is 16.6 Å². The molecule has 0 bridgehead atoms. The van der Waals surface area contributed by atoms with Gasteiger partial charge in [0.05, 0.1) is 0 Å². The van der Waals surface area contributed by atoms with E-state index in [1.165, 1.54) is 12.2 Å². The molecule has 1 aromatic rings. The second-order valence-corrected chi connectivity index (χ2v) is 3.47. The first-order chi connectivity index (χ1) is 5.93. The highest BCUT2D eigenvalue weighted by molar-refractivity contribution is 7.98. The van der Waals surface area contributed by atoms with Crippen molar-refractivity contribution in [2.75, 3.05) is 23.9 Å². The molecule has 66 valence electrons. The molecule has 0 saturated heterocycles. The summed E-state index contributed by atoms with van der Waals surface area (Å²) in [6, 6.07) is 5.90. The van der Waals surface area contributed by atoms with Gasteiger partial charge in [-0.3, -0.25) is 0 Å². The van der Waals surface area contributed by atoms with Crippen LogP contribution >= 0.6 is 11.8 Å². The molecule has 0 aliphatic rings. The predicted molar refractivity (Wildman–Crippen MR) is 55.7 cm³/mol. The fourth-order valence-corrected chi connectivity index (χ4v) is 1.33. The first-order valence-corrected chi connectivity index (χ1v) is 5.46. The van der Waals surface area contributed by atoms with E-state index in [0.717, 1.165) is 12.4 Å². The summed E-state index contributed by atoms with van der Waals surface area (Å²) in [6.45, 7) is 1.01. The number of pyridine rings is 1. The molecule has 12 heavy (non-hydrogen) atoms. The van der Waals surface area contributed by atoms with Gasteiger partial charge in [0.15, 0.2) is 0 Å². The van der Waals surface area contributed by atoms with E-state index in [4.69, 9.17) is 0 Å². The summed E-state index contributed by atoms with van der Waals surface area (Å²) in [5, 5.41) is 3.26. The lowest BCUT2D eigenvalue weighted by Crippen LogP contribution is -2.03. The average molecular weight is 182 g/mol. The van der Waals surface area contributed by atoms with Gasteiger partial charge in [-0.1, -0.05) is 6.07 Å². The van der Waals surface area contributed by atoms with E-state index in [0.29, 0.717) is 0 Å². The quantitative estimate of drug-likeness (QED) is 0.707. The Morgan fingerprint density at radius 3 is 3.08 bits per heavy atom. The smallest absolute Gasteiger partial charge is 0.125 e. The first-order valence-electron chi connectivity index (χ1n) is 4.07. The van der Waals surface area contributed by atoms with Crippen LogP contribution in [0.4, 0.5) is 5.82 Å². The zero-order chi connectivity index (χ0) is 8.65. The Morgan fingerprint density at radius 2 is 2.42 bits per heavy atom. The number of hydrogen-bond donors (Lipinski definition) is 1. The molecule has 0 fully saturated rings. The number of hydrogen-bond acceptors (Lipinski definition) is 3. The van der Waals surface area contributed by atoms with E-state index in [1.54, 1.807) is 6.20 Å². The molecule has 1 rings (SSSR count). The molecule has 2 nitrogen and oxygen atoms in total. The summed E-state index contributed by atoms with van der Waals surface area (Å²) in [4.78, 5) is 4.16. The van der Waals surface area contributed by atoms with Crippen molar-refractivity contribution >= 4 is 17.6 Å². The Balaban J connectivity index is 2.16. The summed E-state index contributed by atoms with van der Waals surface area (Å²) in [5.41, 5.74) is 0. The highest BCUT2D eigenvalue weighted by Gasteiger charge is 1.89. The topological polar surface area (TPSA) is 24.9 Å². The molecule has 0 amide bonds. The van der Waals surface area contributed by atoms with E-state index in [9.17, 15) is 0 Å². The molecule has 1 heterocycles. The number of anilines is 1. The lowest BCUT2D eigenvalue weighted by molar-refractivity contribution is 0.982. The molecule has 0 atom stereocenters. The number of nitrogens with one attached hydrogen (secondary N) is 1. The van der Waals surface area contributed by atoms with E-state index in [1.807, 2.05) is 30.0 Å². The van der Waals surface area contributed by atoms with Crippen LogP contribution in [0.15, 0.2) is 24.4 Å². The SMILES string of the molecule is CSCCCNc1ccccn1. The van der Waals surface area contributed by atoms with Crippen LogP contribution in [-0.4, -0.2) is 23.5 Å². The predicted octanol–water partition coefficient (Wildman–Crippen LogP) is 2.25. The third kappa shape index (κ3) is 3.62. The highest BCUT2D eigenvalue weighted by atomic mass is 32.2. The first kappa shape index (κ1) is 9.39. The van der Waals surface area contributed by atoms with Crippen molar-refractivity contribution in [1.82, 2.24) is 4.98 Å². The normalized spacial score (nSPS) is 9.75. The van der Waals surface area contributed by atoms with Gasteiger partial charge < -0.3 is 5.32 Å². The van der Waals surface area contributed by atoms with Gasteiger partial charge >= 0.3 is 0 Å². The molecule has 0 spiro atoms. The maximum atomic E-state index is 4.16. The van der Waals surface area contributed by atoms with Gasteiger partial charge in [0.1, 0.15) is 5.82 Å². The number of rotatable bonds is 5. The molecule has 0 unspecified atom stereocenters. The minimum atomic E-state index is 0.971. The van der Waals surface area contributed by atoms with Crippen molar-refractivity contribution < 1.29 is 0 Å². The van der Waals surface area contributed by atoms with Crippen molar-refractivity contribution in [1.29, 1.82) is 0 Å². The maximum Gasteiger partial charge on any atom is 0.125 e. The fraction of sp³-hybridized carbons (Fsp3) is 0.444. The number of thioether (sulfide) groups is 1. The second-order valence-electron chi connectivity index (χ2n) is 2.49. The Morgan fingerprint density at radius 1 is 1.50 bits per heavy atom. The molecule has 0 aliphatic heterocycles. The Bertz CT molecular complexity index is 201. The Labute approximate surface area is 77.8 Å². The number of aromatic nitrogens is 1. The zero-order valence-electron chi connectivity index (χ0n) is 7.29. The summed E-state index contributed by atoms with van der Waals surface area (Å²) < 4.78 is 0. The highest BCUT2D eigenvalue weighted by Crippen LogP contribution is 2.01. The van der Waals surface area contributed by atoms with E-state index in [-0.39, 0.29) is 0 Å². The lowest BCUT2D eigenvalue weighted by atomic mass is 10.4. The average Bonchev–Trinajstić information content (AvgIpc) is 2.14. The minimum Gasteiger partial charge on any atom is -0.370 e. The Kier molecular flexibility index (Phi) is 4.61. The van der Waals surface area contributed by atoms with Gasteiger partial charge in [-0.15, -0.1) is 0 Å². The second kappa shape index (κ2) is 5.89. The van der Waals surface area contributed by atoms with Crippen LogP contribution in [0.5, 0.6) is 0 Å². The van der Waals surface area contributed by atoms with Crippen molar-refractivity contribution in [2.45, 2.75) is 6.42 Å². The molecule has 0 radical (unpaired) electrons. The van der Waals surface area contributed by atoms with Crippen molar-refractivity contribution in [3.8, 4) is 0 Å². The molecular weight excluding hydrogens is 168 g/mol.